The van der Waals surface area contributed by atoms with Crippen molar-refractivity contribution in [2.45, 2.75) is 6.42 Å². The van der Waals surface area contributed by atoms with Crippen molar-refractivity contribution in [3.05, 3.63) is 66.7 Å². The Morgan fingerprint density at radius 2 is 1.68 bits per heavy atom. The van der Waals surface area contributed by atoms with Gasteiger partial charge in [0.05, 0.1) is 11.8 Å². The van der Waals surface area contributed by atoms with Crippen LogP contribution in [0.15, 0.2) is 61.2 Å². The molecule has 22 heavy (non-hydrogen) atoms. The van der Waals surface area contributed by atoms with Crippen molar-refractivity contribution in [1.82, 2.24) is 10.9 Å². The van der Waals surface area contributed by atoms with Gasteiger partial charge in [0.1, 0.15) is 17.9 Å². The molecule has 0 saturated carbocycles. The predicted molar refractivity (Wildman–Crippen MR) is 83.5 cm³/mol. The number of benzene rings is 2. The van der Waals surface area contributed by atoms with E-state index in [1.54, 1.807) is 6.07 Å². The largest absolute Gasteiger partial charge is 0.457 e. The molecule has 0 spiro atoms. The summed E-state index contributed by atoms with van der Waals surface area (Å²) in [5, 5.41) is 8.40. The first-order chi connectivity index (χ1) is 10.7. The fourth-order valence-corrected chi connectivity index (χ4v) is 1.68. The summed E-state index contributed by atoms with van der Waals surface area (Å²) in [5.74, 6) is 1.06. The van der Waals surface area contributed by atoms with E-state index in [2.05, 4.69) is 17.4 Å². The van der Waals surface area contributed by atoms with E-state index in [9.17, 15) is 4.79 Å². The van der Waals surface area contributed by atoms with Crippen LogP contribution >= 0.6 is 0 Å². The second kappa shape index (κ2) is 7.50. The molecule has 2 rings (SSSR count). The third-order valence-electron chi connectivity index (χ3n) is 2.77. The number of hydrogen-bond acceptors (Lipinski definition) is 4. The molecule has 5 heteroatoms. The second-order valence-corrected chi connectivity index (χ2v) is 4.43. The molecule has 0 radical (unpaired) electrons. The Morgan fingerprint density at radius 1 is 1.05 bits per heavy atom. The number of hydrazine groups is 1. The smallest absolute Gasteiger partial charge is 0.252 e. The molecular formula is C17H15N3O2. The van der Waals surface area contributed by atoms with Gasteiger partial charge in [0.2, 0.25) is 0 Å². The molecule has 2 aromatic carbocycles. The van der Waals surface area contributed by atoms with Crippen LogP contribution in [0.25, 0.3) is 5.70 Å². The average molecular weight is 293 g/mol. The number of para-hydroxylation sites is 1. The molecule has 0 heterocycles. The molecular weight excluding hydrogens is 278 g/mol. The number of rotatable bonds is 6. The maximum Gasteiger partial charge on any atom is 0.252 e. The maximum absolute atomic E-state index is 11.2. The molecule has 110 valence electrons. The number of hydrogen-bond donors (Lipinski definition) is 2. The van der Waals surface area contributed by atoms with Crippen LogP contribution in [-0.4, -0.2) is 5.91 Å². The summed E-state index contributed by atoms with van der Waals surface area (Å²) in [6, 6.07) is 18.5. The highest BCUT2D eigenvalue weighted by molar-refractivity contribution is 5.78. The van der Waals surface area contributed by atoms with E-state index in [4.69, 9.17) is 10.00 Å². The Balaban J connectivity index is 1.92. The monoisotopic (exact) mass is 293 g/mol. The van der Waals surface area contributed by atoms with E-state index >= 15 is 0 Å². The zero-order valence-electron chi connectivity index (χ0n) is 11.9. The van der Waals surface area contributed by atoms with Gasteiger partial charge in [-0.05, 0) is 42.0 Å². The van der Waals surface area contributed by atoms with E-state index in [1.165, 1.54) is 0 Å². The number of carbonyl (C=O) groups is 1. The zero-order chi connectivity index (χ0) is 15.8. The predicted octanol–water partition coefficient (Wildman–Crippen LogP) is 2.98. The lowest BCUT2D eigenvalue weighted by Gasteiger charge is -2.11. The third-order valence-corrected chi connectivity index (χ3v) is 2.77. The van der Waals surface area contributed by atoms with Crippen molar-refractivity contribution in [2.75, 3.05) is 0 Å². The molecule has 2 N–H and O–H groups in total. The quantitative estimate of drug-likeness (QED) is 0.803. The second-order valence-electron chi connectivity index (χ2n) is 4.43. The number of nitrogens with one attached hydrogen (secondary N) is 2. The third kappa shape index (κ3) is 4.39. The number of carbonyl (C=O) groups excluding carboxylic acids is 1. The minimum absolute atomic E-state index is 0.204. The summed E-state index contributed by atoms with van der Waals surface area (Å²) in [6.07, 6.45) is -0.204. The van der Waals surface area contributed by atoms with Crippen LogP contribution in [0.5, 0.6) is 11.5 Å². The number of nitrogens with zero attached hydrogens (tertiary/aromatic N) is 1. The Morgan fingerprint density at radius 3 is 2.32 bits per heavy atom. The van der Waals surface area contributed by atoms with E-state index in [-0.39, 0.29) is 6.42 Å². The summed E-state index contributed by atoms with van der Waals surface area (Å²) < 4.78 is 5.69. The maximum atomic E-state index is 11.2. The lowest BCUT2D eigenvalue weighted by molar-refractivity contribution is -0.120. The molecule has 2 aromatic rings. The minimum Gasteiger partial charge on any atom is -0.457 e. The molecule has 0 aliphatic carbocycles. The first-order valence-electron chi connectivity index (χ1n) is 6.63. The summed E-state index contributed by atoms with van der Waals surface area (Å²) in [5.41, 5.74) is 6.39. The number of ether oxygens (including phenoxy) is 1. The Hall–Kier alpha value is -3.26. The van der Waals surface area contributed by atoms with Crippen molar-refractivity contribution in [2.24, 2.45) is 0 Å². The van der Waals surface area contributed by atoms with Gasteiger partial charge >= 0.3 is 0 Å². The lowest BCUT2D eigenvalue weighted by atomic mass is 10.2. The molecule has 0 aliphatic heterocycles. The van der Waals surface area contributed by atoms with Crippen LogP contribution in [0.4, 0.5) is 0 Å². The first-order valence-corrected chi connectivity index (χ1v) is 6.63. The normalized spacial score (nSPS) is 9.41. The van der Waals surface area contributed by atoms with E-state index in [1.807, 2.05) is 54.6 Å². The van der Waals surface area contributed by atoms with Crippen molar-refractivity contribution >= 4 is 11.6 Å². The Labute approximate surface area is 128 Å². The van der Waals surface area contributed by atoms with E-state index in [0.29, 0.717) is 11.4 Å². The van der Waals surface area contributed by atoms with Gasteiger partial charge in [-0.1, -0.05) is 24.8 Å². The molecule has 1 amide bonds. The van der Waals surface area contributed by atoms with Gasteiger partial charge in [0.25, 0.3) is 5.91 Å². The summed E-state index contributed by atoms with van der Waals surface area (Å²) in [7, 11) is 0. The molecule has 0 aliphatic rings. The molecule has 5 nitrogen and oxygen atoms in total. The first kappa shape index (κ1) is 15.1. The Bertz CT molecular complexity index is 688. The highest BCUT2D eigenvalue weighted by Gasteiger charge is 2.03. The van der Waals surface area contributed by atoms with E-state index < -0.39 is 5.91 Å². The van der Waals surface area contributed by atoms with Gasteiger partial charge in [-0.25, -0.2) is 0 Å². The zero-order valence-corrected chi connectivity index (χ0v) is 11.9. The topological polar surface area (TPSA) is 74.1 Å². The fourth-order valence-electron chi connectivity index (χ4n) is 1.68. The van der Waals surface area contributed by atoms with Crippen molar-refractivity contribution in [1.29, 1.82) is 5.26 Å². The molecule has 0 atom stereocenters. The molecule has 0 unspecified atom stereocenters. The highest BCUT2D eigenvalue weighted by Crippen LogP contribution is 2.22. The van der Waals surface area contributed by atoms with Crippen LogP contribution in [0.3, 0.4) is 0 Å². The fraction of sp³-hybridized carbons (Fsp3) is 0.0588. The van der Waals surface area contributed by atoms with Crippen LogP contribution in [0, 0.1) is 11.3 Å². The lowest BCUT2D eigenvalue weighted by Crippen LogP contribution is -2.35. The van der Waals surface area contributed by atoms with Crippen molar-refractivity contribution in [3.8, 4) is 17.6 Å². The van der Waals surface area contributed by atoms with Gasteiger partial charge in [0.15, 0.2) is 0 Å². The summed E-state index contributed by atoms with van der Waals surface area (Å²) >= 11 is 0. The molecule has 0 saturated heterocycles. The standard InChI is InChI=1S/C17H15N3O2/c1-13(19-20-17(21)11-12-18)14-7-9-16(10-8-14)22-15-5-3-2-4-6-15/h2-10,19H,1,11H2,(H,20,21). The summed E-state index contributed by atoms with van der Waals surface area (Å²) in [6.45, 7) is 3.82. The van der Waals surface area contributed by atoms with Crippen LogP contribution in [0.2, 0.25) is 0 Å². The van der Waals surface area contributed by atoms with Gasteiger partial charge in [-0.2, -0.15) is 5.26 Å². The minimum atomic E-state index is -0.410. The highest BCUT2D eigenvalue weighted by atomic mass is 16.5. The molecule has 0 fully saturated rings. The van der Waals surface area contributed by atoms with Crippen LogP contribution < -0.4 is 15.6 Å². The molecule has 0 bridgehead atoms. The van der Waals surface area contributed by atoms with Crippen molar-refractivity contribution < 1.29 is 9.53 Å². The van der Waals surface area contributed by atoms with Crippen LogP contribution in [0.1, 0.15) is 12.0 Å². The van der Waals surface area contributed by atoms with Crippen molar-refractivity contribution in [3.63, 3.8) is 0 Å². The Kier molecular flexibility index (Phi) is 5.16. The van der Waals surface area contributed by atoms with Crippen LogP contribution in [-0.2, 0) is 4.79 Å². The number of amides is 1. The number of nitriles is 1. The van der Waals surface area contributed by atoms with Gasteiger partial charge in [0, 0.05) is 0 Å². The van der Waals surface area contributed by atoms with Gasteiger partial charge in [-0.3, -0.25) is 15.6 Å². The SMILES string of the molecule is C=C(NNC(=O)CC#N)c1ccc(Oc2ccccc2)cc1. The average Bonchev–Trinajstić information content (AvgIpc) is 2.54. The van der Waals surface area contributed by atoms with E-state index in [0.717, 1.165) is 11.3 Å². The van der Waals surface area contributed by atoms with Gasteiger partial charge in [-0.15, -0.1) is 0 Å². The molecule has 0 aromatic heterocycles. The summed E-state index contributed by atoms with van der Waals surface area (Å²) in [4.78, 5) is 11.2. The van der Waals surface area contributed by atoms with Gasteiger partial charge < -0.3 is 4.74 Å².